The molecule has 6 heteroatoms. The van der Waals surface area contributed by atoms with Crippen LogP contribution in [0.15, 0.2) is 23.0 Å². The van der Waals surface area contributed by atoms with Gasteiger partial charge in [0.05, 0.1) is 23.6 Å². The van der Waals surface area contributed by atoms with E-state index in [0.29, 0.717) is 5.39 Å². The fraction of sp³-hybridized carbons (Fsp3) is 0.300. The van der Waals surface area contributed by atoms with Crippen LogP contribution in [0.1, 0.15) is 0 Å². The maximum Gasteiger partial charge on any atom is 0.271 e. The molecule has 5 N–H and O–H groups in total. The van der Waals surface area contributed by atoms with E-state index in [1.165, 1.54) is 0 Å². The summed E-state index contributed by atoms with van der Waals surface area (Å²) in [6.45, 7) is -0.0513. The van der Waals surface area contributed by atoms with Gasteiger partial charge in [-0.1, -0.05) is 0 Å². The minimum atomic E-state index is -0.805. The molecule has 0 saturated heterocycles. The number of anilines is 1. The summed E-state index contributed by atoms with van der Waals surface area (Å²) in [6, 6.07) is 5.24. The van der Waals surface area contributed by atoms with Crippen LogP contribution >= 0.6 is 0 Å². The van der Waals surface area contributed by atoms with Gasteiger partial charge < -0.3 is 15.5 Å². The molecule has 1 aromatic heterocycles. The van der Waals surface area contributed by atoms with Crippen molar-refractivity contribution in [3.05, 3.63) is 28.6 Å². The molecule has 1 heterocycles. The number of fused-ring (bicyclic) bond motifs is 1. The quantitative estimate of drug-likeness (QED) is 0.487. The van der Waals surface area contributed by atoms with Crippen LogP contribution in [0.25, 0.3) is 10.9 Å². The van der Waals surface area contributed by atoms with Crippen LogP contribution < -0.4 is 10.9 Å². The maximum atomic E-state index is 11.3. The number of aliphatic hydroxyl groups excluding tert-OH is 2. The van der Waals surface area contributed by atoms with E-state index >= 15 is 0 Å². The molecule has 2 aromatic rings. The first-order valence-electron chi connectivity index (χ1n) is 4.94. The number of aliphatic hydroxyl groups is 2. The highest BCUT2D eigenvalue weighted by atomic mass is 16.3. The number of rotatable bonds is 4. The molecule has 2 rings (SSSR count). The van der Waals surface area contributed by atoms with Crippen molar-refractivity contribution in [3.63, 3.8) is 0 Å². The third-order valence-electron chi connectivity index (χ3n) is 2.33. The zero-order valence-corrected chi connectivity index (χ0v) is 8.53. The number of hydrogen-bond donors (Lipinski definition) is 5. The van der Waals surface area contributed by atoms with Gasteiger partial charge in [0, 0.05) is 12.2 Å². The van der Waals surface area contributed by atoms with Crippen molar-refractivity contribution in [2.75, 3.05) is 18.5 Å². The van der Waals surface area contributed by atoms with E-state index in [0.717, 1.165) is 11.2 Å². The Hall–Kier alpha value is -1.79. The van der Waals surface area contributed by atoms with E-state index < -0.39 is 6.10 Å². The summed E-state index contributed by atoms with van der Waals surface area (Å²) in [6.07, 6.45) is -0.805. The Morgan fingerprint density at radius 1 is 1.38 bits per heavy atom. The molecule has 0 bridgehead atoms. The minimum absolute atomic E-state index is 0.179. The Bertz CT molecular complexity index is 531. The van der Waals surface area contributed by atoms with Gasteiger partial charge in [-0.2, -0.15) is 0 Å². The monoisotopic (exact) mass is 223 g/mol. The average Bonchev–Trinajstić information content (AvgIpc) is 2.68. The van der Waals surface area contributed by atoms with Gasteiger partial charge >= 0.3 is 0 Å². The van der Waals surface area contributed by atoms with E-state index in [4.69, 9.17) is 10.2 Å². The highest BCUT2D eigenvalue weighted by molar-refractivity contribution is 5.81. The lowest BCUT2D eigenvalue weighted by Crippen LogP contribution is -2.22. The summed E-state index contributed by atoms with van der Waals surface area (Å²) < 4.78 is 0. The molecule has 0 radical (unpaired) electrons. The van der Waals surface area contributed by atoms with Crippen molar-refractivity contribution in [2.24, 2.45) is 0 Å². The fourth-order valence-electron chi connectivity index (χ4n) is 1.44. The second-order valence-corrected chi connectivity index (χ2v) is 3.56. The molecule has 0 aliphatic heterocycles. The van der Waals surface area contributed by atoms with Crippen LogP contribution in [-0.2, 0) is 0 Å². The van der Waals surface area contributed by atoms with Crippen LogP contribution in [0, 0.1) is 0 Å². The number of H-pyrrole nitrogens is 2. The number of hydrogen-bond acceptors (Lipinski definition) is 4. The van der Waals surface area contributed by atoms with Gasteiger partial charge in [-0.15, -0.1) is 0 Å². The van der Waals surface area contributed by atoms with Crippen molar-refractivity contribution >= 4 is 16.6 Å². The molecule has 6 nitrogen and oxygen atoms in total. The van der Waals surface area contributed by atoms with Crippen LogP contribution in [0.4, 0.5) is 5.69 Å². The standard InChI is InChI=1S/C10H13N3O3/c14-5-7(15)4-11-6-1-2-9-8(3-6)10(16)13-12-9/h1-3,7,11,14-15H,4-5H2,(H2,12,13,16). The summed E-state index contributed by atoms with van der Waals surface area (Å²) in [5, 5.41) is 26.5. The van der Waals surface area contributed by atoms with Crippen LogP contribution in [-0.4, -0.2) is 39.7 Å². The molecule has 86 valence electrons. The largest absolute Gasteiger partial charge is 0.394 e. The molecular weight excluding hydrogens is 210 g/mol. The van der Waals surface area contributed by atoms with Crippen molar-refractivity contribution in [1.82, 2.24) is 10.2 Å². The Labute approximate surface area is 90.9 Å². The van der Waals surface area contributed by atoms with Gasteiger partial charge in [-0.25, -0.2) is 0 Å². The molecule has 0 aliphatic carbocycles. The number of benzene rings is 1. The minimum Gasteiger partial charge on any atom is -0.394 e. The lowest BCUT2D eigenvalue weighted by Gasteiger charge is -2.09. The Morgan fingerprint density at radius 3 is 2.94 bits per heavy atom. The molecule has 0 aliphatic rings. The first-order chi connectivity index (χ1) is 7.70. The predicted octanol–water partition coefficient (Wildman–Crippen LogP) is -0.379. The van der Waals surface area contributed by atoms with Crippen molar-refractivity contribution in [1.29, 1.82) is 0 Å². The topological polar surface area (TPSA) is 101 Å². The third kappa shape index (κ3) is 2.07. The van der Waals surface area contributed by atoms with Crippen molar-refractivity contribution in [2.45, 2.75) is 6.10 Å². The molecular formula is C10H13N3O3. The predicted molar refractivity (Wildman–Crippen MR) is 60.5 cm³/mol. The third-order valence-corrected chi connectivity index (χ3v) is 2.33. The van der Waals surface area contributed by atoms with Gasteiger partial charge in [0.25, 0.3) is 5.56 Å². The Kier molecular flexibility index (Phi) is 2.93. The lowest BCUT2D eigenvalue weighted by molar-refractivity contribution is 0.105. The molecule has 0 spiro atoms. The normalized spacial score (nSPS) is 12.9. The summed E-state index contributed by atoms with van der Waals surface area (Å²) in [5.74, 6) is 0. The maximum absolute atomic E-state index is 11.3. The second kappa shape index (κ2) is 4.38. The van der Waals surface area contributed by atoms with E-state index in [1.54, 1.807) is 18.2 Å². The zero-order valence-electron chi connectivity index (χ0n) is 8.53. The van der Waals surface area contributed by atoms with Gasteiger partial charge in [0.1, 0.15) is 0 Å². The molecule has 16 heavy (non-hydrogen) atoms. The lowest BCUT2D eigenvalue weighted by atomic mass is 10.2. The molecule has 1 unspecified atom stereocenters. The molecule has 1 aromatic carbocycles. The van der Waals surface area contributed by atoms with Crippen LogP contribution in [0.2, 0.25) is 0 Å². The highest BCUT2D eigenvalue weighted by Crippen LogP contribution is 2.13. The Balaban J connectivity index is 2.19. The average molecular weight is 223 g/mol. The molecule has 0 fully saturated rings. The number of aromatic nitrogens is 2. The number of aromatic amines is 2. The Morgan fingerprint density at radius 2 is 2.19 bits per heavy atom. The van der Waals surface area contributed by atoms with Crippen molar-refractivity contribution in [3.8, 4) is 0 Å². The second-order valence-electron chi connectivity index (χ2n) is 3.56. The first kappa shape index (κ1) is 10.7. The summed E-state index contributed by atoms with van der Waals surface area (Å²) in [7, 11) is 0. The first-order valence-corrected chi connectivity index (χ1v) is 4.94. The van der Waals surface area contributed by atoms with E-state index in [-0.39, 0.29) is 18.7 Å². The van der Waals surface area contributed by atoms with E-state index in [9.17, 15) is 4.79 Å². The molecule has 0 saturated carbocycles. The van der Waals surface area contributed by atoms with E-state index in [2.05, 4.69) is 15.5 Å². The summed E-state index contributed by atoms with van der Waals surface area (Å²) >= 11 is 0. The van der Waals surface area contributed by atoms with Gasteiger partial charge in [-0.05, 0) is 18.2 Å². The van der Waals surface area contributed by atoms with Crippen LogP contribution in [0.3, 0.4) is 0 Å². The molecule has 1 atom stereocenters. The van der Waals surface area contributed by atoms with Gasteiger partial charge in [0.2, 0.25) is 0 Å². The van der Waals surface area contributed by atoms with Crippen LogP contribution in [0.5, 0.6) is 0 Å². The van der Waals surface area contributed by atoms with Gasteiger partial charge in [-0.3, -0.25) is 15.0 Å². The van der Waals surface area contributed by atoms with Crippen molar-refractivity contribution < 1.29 is 10.2 Å². The summed E-state index contributed by atoms with van der Waals surface area (Å²) in [5.41, 5.74) is 1.28. The molecule has 0 amide bonds. The van der Waals surface area contributed by atoms with Gasteiger partial charge in [0.15, 0.2) is 0 Å². The van der Waals surface area contributed by atoms with E-state index in [1.807, 2.05) is 0 Å². The fourth-order valence-corrected chi connectivity index (χ4v) is 1.44. The highest BCUT2D eigenvalue weighted by Gasteiger charge is 2.04. The zero-order chi connectivity index (χ0) is 11.5. The summed E-state index contributed by atoms with van der Waals surface area (Å²) in [4.78, 5) is 11.3. The number of nitrogens with one attached hydrogen (secondary N) is 3. The SMILES string of the molecule is O=c1[nH][nH]c2ccc(NCC(O)CO)cc12. The smallest absolute Gasteiger partial charge is 0.271 e.